The van der Waals surface area contributed by atoms with Crippen molar-refractivity contribution in [1.82, 2.24) is 20.0 Å². The van der Waals surface area contributed by atoms with E-state index in [2.05, 4.69) is 26.3 Å². The Labute approximate surface area is 192 Å². The Morgan fingerprint density at radius 2 is 1.65 bits per heavy atom. The zero-order chi connectivity index (χ0) is 22.0. The lowest BCUT2D eigenvalue weighted by molar-refractivity contribution is -0.126. The van der Waals surface area contributed by atoms with Crippen LogP contribution < -0.4 is 5.32 Å². The summed E-state index contributed by atoms with van der Waals surface area (Å²) in [6.45, 7) is 5.17. The van der Waals surface area contributed by atoms with Crippen molar-refractivity contribution in [3.63, 3.8) is 0 Å². The van der Waals surface area contributed by atoms with Crippen molar-refractivity contribution in [2.45, 2.75) is 64.8 Å². The molecular weight excluding hydrogens is 456 g/mol. The van der Waals surface area contributed by atoms with Crippen LogP contribution in [0.3, 0.4) is 0 Å². The van der Waals surface area contributed by atoms with E-state index in [1.54, 1.807) is 0 Å². The van der Waals surface area contributed by atoms with E-state index in [0.717, 1.165) is 60.1 Å². The fraction of sp³-hybridized carbons (Fsp3) is 0.542. The Bertz CT molecular complexity index is 939. The number of rotatable bonds is 4. The van der Waals surface area contributed by atoms with Gasteiger partial charge in [0.15, 0.2) is 0 Å². The summed E-state index contributed by atoms with van der Waals surface area (Å²) in [5, 5.41) is 7.87. The SMILES string of the molecule is Cc1nn(-c2ccc(Br)cc2)c(C)c1C(=O)N1CCC(NC(=O)C2CCCCC2)CC1. The monoisotopic (exact) mass is 486 g/mol. The van der Waals surface area contributed by atoms with Crippen molar-refractivity contribution in [3.05, 3.63) is 45.7 Å². The number of benzene rings is 1. The van der Waals surface area contributed by atoms with Gasteiger partial charge in [0.25, 0.3) is 5.91 Å². The van der Waals surface area contributed by atoms with Gasteiger partial charge in [-0.15, -0.1) is 0 Å². The van der Waals surface area contributed by atoms with E-state index in [9.17, 15) is 9.59 Å². The Morgan fingerprint density at radius 1 is 1.00 bits per heavy atom. The predicted octanol–water partition coefficient (Wildman–Crippen LogP) is 4.55. The minimum Gasteiger partial charge on any atom is -0.353 e. The fourth-order valence-electron chi connectivity index (χ4n) is 4.85. The highest BCUT2D eigenvalue weighted by atomic mass is 79.9. The molecule has 1 saturated heterocycles. The van der Waals surface area contributed by atoms with Gasteiger partial charge in [-0.05, 0) is 63.8 Å². The van der Waals surface area contributed by atoms with Crippen molar-refractivity contribution >= 4 is 27.7 Å². The normalized spacial score (nSPS) is 18.2. The molecule has 166 valence electrons. The number of carbonyl (C=O) groups is 2. The first-order chi connectivity index (χ1) is 14.9. The van der Waals surface area contributed by atoms with Crippen molar-refractivity contribution in [3.8, 4) is 5.69 Å². The second-order valence-electron chi connectivity index (χ2n) is 8.84. The summed E-state index contributed by atoms with van der Waals surface area (Å²) in [4.78, 5) is 27.7. The van der Waals surface area contributed by atoms with Gasteiger partial charge in [-0.3, -0.25) is 9.59 Å². The zero-order valence-electron chi connectivity index (χ0n) is 18.4. The topological polar surface area (TPSA) is 67.2 Å². The second kappa shape index (κ2) is 9.55. The Morgan fingerprint density at radius 3 is 2.29 bits per heavy atom. The maximum Gasteiger partial charge on any atom is 0.257 e. The standard InChI is InChI=1S/C24H31BrN4O2/c1-16-22(17(2)29(27-16)21-10-8-19(25)9-11-21)24(31)28-14-12-20(13-15-28)26-23(30)18-6-4-3-5-7-18/h8-11,18,20H,3-7,12-15H2,1-2H3,(H,26,30). The molecule has 1 aromatic carbocycles. The van der Waals surface area contributed by atoms with Crippen molar-refractivity contribution in [2.75, 3.05) is 13.1 Å². The van der Waals surface area contributed by atoms with Crippen LogP contribution in [0.25, 0.3) is 5.69 Å². The number of amides is 2. The molecular formula is C24H31BrN4O2. The predicted molar refractivity (Wildman–Crippen MR) is 124 cm³/mol. The van der Waals surface area contributed by atoms with Gasteiger partial charge in [-0.1, -0.05) is 35.2 Å². The number of nitrogens with one attached hydrogen (secondary N) is 1. The number of nitrogens with zero attached hydrogens (tertiary/aromatic N) is 3. The van der Waals surface area contributed by atoms with Crippen LogP contribution >= 0.6 is 15.9 Å². The van der Waals surface area contributed by atoms with E-state index < -0.39 is 0 Å². The molecule has 31 heavy (non-hydrogen) atoms. The smallest absolute Gasteiger partial charge is 0.257 e. The Kier molecular flexibility index (Phi) is 6.80. The van der Waals surface area contributed by atoms with Gasteiger partial charge in [-0.25, -0.2) is 4.68 Å². The molecule has 6 nitrogen and oxygen atoms in total. The maximum atomic E-state index is 13.3. The van der Waals surface area contributed by atoms with E-state index in [1.165, 1.54) is 6.42 Å². The summed E-state index contributed by atoms with van der Waals surface area (Å²) >= 11 is 3.46. The first kappa shape index (κ1) is 22.1. The number of aryl methyl sites for hydroxylation is 1. The quantitative estimate of drug-likeness (QED) is 0.688. The average Bonchev–Trinajstić information content (AvgIpc) is 3.08. The van der Waals surface area contributed by atoms with Gasteiger partial charge in [-0.2, -0.15) is 5.10 Å². The summed E-state index contributed by atoms with van der Waals surface area (Å²) in [6.07, 6.45) is 7.23. The molecule has 2 amide bonds. The van der Waals surface area contributed by atoms with E-state index in [-0.39, 0.29) is 23.8 Å². The number of aromatic nitrogens is 2. The van der Waals surface area contributed by atoms with Crippen LogP contribution in [0.15, 0.2) is 28.7 Å². The molecule has 1 saturated carbocycles. The van der Waals surface area contributed by atoms with E-state index in [1.807, 2.05) is 47.7 Å². The van der Waals surface area contributed by atoms with Crippen LogP contribution in [0.4, 0.5) is 0 Å². The van der Waals surface area contributed by atoms with Gasteiger partial charge in [0.05, 0.1) is 22.6 Å². The highest BCUT2D eigenvalue weighted by Crippen LogP contribution is 2.25. The molecule has 0 atom stereocenters. The third-order valence-electron chi connectivity index (χ3n) is 6.68. The van der Waals surface area contributed by atoms with Gasteiger partial charge < -0.3 is 10.2 Å². The molecule has 4 rings (SSSR count). The van der Waals surface area contributed by atoms with Crippen LogP contribution in [-0.4, -0.2) is 45.6 Å². The molecule has 0 unspecified atom stereocenters. The number of hydrogen-bond acceptors (Lipinski definition) is 3. The lowest BCUT2D eigenvalue weighted by atomic mass is 9.88. The van der Waals surface area contributed by atoms with Gasteiger partial charge in [0.1, 0.15) is 0 Å². The maximum absolute atomic E-state index is 13.3. The molecule has 7 heteroatoms. The highest BCUT2D eigenvalue weighted by Gasteiger charge is 2.30. The molecule has 2 aliphatic rings. The summed E-state index contributed by atoms with van der Waals surface area (Å²) in [5.41, 5.74) is 3.23. The van der Waals surface area contributed by atoms with Crippen LogP contribution in [-0.2, 0) is 4.79 Å². The minimum absolute atomic E-state index is 0.0374. The number of piperidine rings is 1. The number of halogens is 1. The molecule has 0 spiro atoms. The third kappa shape index (κ3) is 4.86. The average molecular weight is 487 g/mol. The van der Waals surface area contributed by atoms with Crippen LogP contribution in [0.5, 0.6) is 0 Å². The molecule has 1 aromatic heterocycles. The fourth-order valence-corrected chi connectivity index (χ4v) is 5.12. The van der Waals surface area contributed by atoms with Crippen molar-refractivity contribution in [1.29, 1.82) is 0 Å². The molecule has 0 bridgehead atoms. The summed E-state index contributed by atoms with van der Waals surface area (Å²) < 4.78 is 2.85. The number of hydrogen-bond donors (Lipinski definition) is 1. The lowest BCUT2D eigenvalue weighted by Crippen LogP contribution is -2.48. The number of carbonyl (C=O) groups excluding carboxylic acids is 2. The Balaban J connectivity index is 1.38. The summed E-state index contributed by atoms with van der Waals surface area (Å²) in [7, 11) is 0. The molecule has 2 heterocycles. The van der Waals surface area contributed by atoms with Crippen molar-refractivity contribution < 1.29 is 9.59 Å². The van der Waals surface area contributed by atoms with Gasteiger partial charge in [0.2, 0.25) is 5.91 Å². The molecule has 2 aromatic rings. The number of likely N-dealkylation sites (tertiary alicyclic amines) is 1. The summed E-state index contributed by atoms with van der Waals surface area (Å²) in [6, 6.07) is 8.08. The van der Waals surface area contributed by atoms with E-state index >= 15 is 0 Å². The molecule has 1 N–H and O–H groups in total. The zero-order valence-corrected chi connectivity index (χ0v) is 20.0. The van der Waals surface area contributed by atoms with Gasteiger partial charge >= 0.3 is 0 Å². The van der Waals surface area contributed by atoms with Crippen LogP contribution in [0, 0.1) is 19.8 Å². The first-order valence-electron chi connectivity index (χ1n) is 11.4. The third-order valence-corrected chi connectivity index (χ3v) is 7.21. The lowest BCUT2D eigenvalue weighted by Gasteiger charge is -2.33. The molecule has 1 aliphatic heterocycles. The Hall–Kier alpha value is -2.15. The van der Waals surface area contributed by atoms with Crippen molar-refractivity contribution in [2.24, 2.45) is 5.92 Å². The van der Waals surface area contributed by atoms with E-state index in [4.69, 9.17) is 0 Å². The second-order valence-corrected chi connectivity index (χ2v) is 9.76. The summed E-state index contributed by atoms with van der Waals surface area (Å²) in [5.74, 6) is 0.436. The van der Waals surface area contributed by atoms with E-state index in [0.29, 0.717) is 18.7 Å². The highest BCUT2D eigenvalue weighted by molar-refractivity contribution is 9.10. The van der Waals surface area contributed by atoms with Gasteiger partial charge in [0, 0.05) is 29.5 Å². The molecule has 2 fully saturated rings. The minimum atomic E-state index is 0.0374. The first-order valence-corrected chi connectivity index (χ1v) is 12.1. The molecule has 1 aliphatic carbocycles. The largest absolute Gasteiger partial charge is 0.353 e. The van der Waals surface area contributed by atoms with Crippen LogP contribution in [0.1, 0.15) is 66.7 Å². The molecule has 0 radical (unpaired) electrons. The van der Waals surface area contributed by atoms with Crippen LogP contribution in [0.2, 0.25) is 0 Å².